The van der Waals surface area contributed by atoms with Crippen molar-refractivity contribution in [1.82, 2.24) is 5.32 Å². The van der Waals surface area contributed by atoms with Crippen LogP contribution in [0.15, 0.2) is 0 Å². The van der Waals surface area contributed by atoms with E-state index in [0.29, 0.717) is 13.1 Å². The molecule has 1 amide bonds. The van der Waals surface area contributed by atoms with E-state index in [0.717, 1.165) is 31.6 Å². The second-order valence-electron chi connectivity index (χ2n) is 5.36. The van der Waals surface area contributed by atoms with Gasteiger partial charge in [0.05, 0.1) is 6.10 Å². The first-order chi connectivity index (χ1) is 8.67. The average molecular weight is 293 g/mol. The third kappa shape index (κ3) is 7.14. The predicted molar refractivity (Wildman–Crippen MR) is 80.5 cm³/mol. The van der Waals surface area contributed by atoms with Crippen LogP contribution < -0.4 is 11.1 Å². The standard InChI is InChI=1S/C14H28N2O2.ClH/c1-3-13(14(17)16-9-5-8-15)18-12-7-4-6-11(2)10-12;/h11-13H,3-10,15H2,1-2H3,(H,16,17);1H. The maximum Gasteiger partial charge on any atom is 0.249 e. The van der Waals surface area contributed by atoms with E-state index in [2.05, 4.69) is 12.2 Å². The van der Waals surface area contributed by atoms with Crippen molar-refractivity contribution < 1.29 is 9.53 Å². The molecular weight excluding hydrogens is 264 g/mol. The molecule has 114 valence electrons. The molecule has 0 saturated heterocycles. The molecule has 0 heterocycles. The molecule has 3 atom stereocenters. The Kier molecular flexibility index (Phi) is 10.3. The lowest BCUT2D eigenvalue weighted by molar-refractivity contribution is -0.139. The first-order valence-corrected chi connectivity index (χ1v) is 7.30. The minimum atomic E-state index is -0.293. The van der Waals surface area contributed by atoms with Crippen LogP contribution >= 0.6 is 12.4 Å². The summed E-state index contributed by atoms with van der Waals surface area (Å²) in [4.78, 5) is 11.9. The number of amides is 1. The lowest BCUT2D eigenvalue weighted by Gasteiger charge is -2.29. The molecule has 0 bridgehead atoms. The summed E-state index contributed by atoms with van der Waals surface area (Å²) in [7, 11) is 0. The predicted octanol–water partition coefficient (Wildman–Crippen LogP) is 2.25. The normalized spacial score (nSPS) is 24.4. The molecule has 3 N–H and O–H groups in total. The van der Waals surface area contributed by atoms with E-state index in [1.165, 1.54) is 12.8 Å². The second kappa shape index (κ2) is 10.5. The number of halogens is 1. The van der Waals surface area contributed by atoms with E-state index >= 15 is 0 Å². The molecule has 19 heavy (non-hydrogen) atoms. The third-order valence-electron chi connectivity index (χ3n) is 3.59. The minimum Gasteiger partial charge on any atom is -0.365 e. The van der Waals surface area contributed by atoms with Crippen LogP contribution in [0.3, 0.4) is 0 Å². The van der Waals surface area contributed by atoms with Gasteiger partial charge in [0.2, 0.25) is 5.91 Å². The molecule has 1 rings (SSSR count). The fourth-order valence-corrected chi connectivity index (χ4v) is 2.51. The molecule has 1 aliphatic carbocycles. The molecule has 1 fully saturated rings. The quantitative estimate of drug-likeness (QED) is 0.707. The molecular formula is C14H29ClN2O2. The molecule has 4 nitrogen and oxygen atoms in total. The van der Waals surface area contributed by atoms with Gasteiger partial charge in [-0.15, -0.1) is 12.4 Å². The van der Waals surface area contributed by atoms with Gasteiger partial charge in [-0.25, -0.2) is 0 Å². The second-order valence-corrected chi connectivity index (χ2v) is 5.36. The monoisotopic (exact) mass is 292 g/mol. The number of nitrogens with two attached hydrogens (primary N) is 1. The van der Waals surface area contributed by atoms with Crippen molar-refractivity contribution in [2.24, 2.45) is 11.7 Å². The Morgan fingerprint density at radius 3 is 2.79 bits per heavy atom. The number of carbonyl (C=O) groups is 1. The van der Waals surface area contributed by atoms with E-state index in [-0.39, 0.29) is 30.5 Å². The van der Waals surface area contributed by atoms with Crippen LogP contribution in [0.4, 0.5) is 0 Å². The molecule has 3 unspecified atom stereocenters. The highest BCUT2D eigenvalue weighted by Gasteiger charge is 2.25. The van der Waals surface area contributed by atoms with E-state index in [1.807, 2.05) is 6.92 Å². The van der Waals surface area contributed by atoms with Gasteiger partial charge in [0.25, 0.3) is 0 Å². The van der Waals surface area contributed by atoms with Gasteiger partial charge in [-0.1, -0.05) is 26.7 Å². The molecule has 0 radical (unpaired) electrons. The number of ether oxygens (including phenoxy) is 1. The lowest BCUT2D eigenvalue weighted by atomic mass is 9.88. The summed E-state index contributed by atoms with van der Waals surface area (Å²) in [6, 6.07) is 0. The van der Waals surface area contributed by atoms with E-state index in [9.17, 15) is 4.79 Å². The van der Waals surface area contributed by atoms with Crippen LogP contribution in [-0.4, -0.2) is 31.2 Å². The first kappa shape index (κ1) is 18.7. The number of hydrogen-bond acceptors (Lipinski definition) is 3. The third-order valence-corrected chi connectivity index (χ3v) is 3.59. The smallest absolute Gasteiger partial charge is 0.249 e. The first-order valence-electron chi connectivity index (χ1n) is 7.30. The summed E-state index contributed by atoms with van der Waals surface area (Å²) >= 11 is 0. The zero-order chi connectivity index (χ0) is 13.4. The highest BCUT2D eigenvalue weighted by molar-refractivity contribution is 5.85. The van der Waals surface area contributed by atoms with Crippen molar-refractivity contribution in [2.45, 2.75) is 64.6 Å². The number of hydrogen-bond donors (Lipinski definition) is 2. The molecule has 0 aromatic heterocycles. The maximum absolute atomic E-state index is 11.9. The Labute approximate surface area is 123 Å². The Hall–Kier alpha value is -0.320. The molecule has 0 aromatic rings. The maximum atomic E-state index is 11.9. The van der Waals surface area contributed by atoms with Crippen molar-refractivity contribution in [3.63, 3.8) is 0 Å². The van der Waals surface area contributed by atoms with Gasteiger partial charge in [-0.3, -0.25) is 4.79 Å². The van der Waals surface area contributed by atoms with Gasteiger partial charge in [0, 0.05) is 6.54 Å². The highest BCUT2D eigenvalue weighted by atomic mass is 35.5. The van der Waals surface area contributed by atoms with Crippen LogP contribution in [0, 0.1) is 5.92 Å². The van der Waals surface area contributed by atoms with E-state index in [1.54, 1.807) is 0 Å². The average Bonchev–Trinajstić information content (AvgIpc) is 2.36. The summed E-state index contributed by atoms with van der Waals surface area (Å²) in [6.07, 6.45) is 6.22. The van der Waals surface area contributed by atoms with Crippen LogP contribution in [0.5, 0.6) is 0 Å². The molecule has 5 heteroatoms. The van der Waals surface area contributed by atoms with Crippen molar-refractivity contribution in [3.05, 3.63) is 0 Å². The van der Waals surface area contributed by atoms with Gasteiger partial charge in [0.1, 0.15) is 6.10 Å². The summed E-state index contributed by atoms with van der Waals surface area (Å²) in [5.41, 5.74) is 5.41. The van der Waals surface area contributed by atoms with Gasteiger partial charge >= 0.3 is 0 Å². The van der Waals surface area contributed by atoms with Crippen molar-refractivity contribution in [3.8, 4) is 0 Å². The Balaban J connectivity index is 0.00000324. The topological polar surface area (TPSA) is 64.3 Å². The number of nitrogens with one attached hydrogen (secondary N) is 1. The van der Waals surface area contributed by atoms with E-state index in [4.69, 9.17) is 10.5 Å². The van der Waals surface area contributed by atoms with Crippen molar-refractivity contribution >= 4 is 18.3 Å². The summed E-state index contributed by atoms with van der Waals surface area (Å²) in [5, 5.41) is 2.89. The molecule has 0 spiro atoms. The highest BCUT2D eigenvalue weighted by Crippen LogP contribution is 2.26. The minimum absolute atomic E-state index is 0. The van der Waals surface area contributed by atoms with Crippen LogP contribution in [0.2, 0.25) is 0 Å². The van der Waals surface area contributed by atoms with Gasteiger partial charge in [0.15, 0.2) is 0 Å². The Morgan fingerprint density at radius 2 is 2.21 bits per heavy atom. The molecule has 0 aromatic carbocycles. The van der Waals surface area contributed by atoms with Crippen LogP contribution in [-0.2, 0) is 9.53 Å². The largest absolute Gasteiger partial charge is 0.365 e. The molecule has 1 saturated carbocycles. The zero-order valence-corrected chi connectivity index (χ0v) is 13.0. The summed E-state index contributed by atoms with van der Waals surface area (Å²) in [5.74, 6) is 0.741. The number of carbonyl (C=O) groups excluding carboxylic acids is 1. The lowest BCUT2D eigenvalue weighted by Crippen LogP contribution is -2.40. The Bertz CT molecular complexity index is 252. The van der Waals surface area contributed by atoms with Gasteiger partial charge < -0.3 is 15.8 Å². The Morgan fingerprint density at radius 1 is 1.47 bits per heavy atom. The fourth-order valence-electron chi connectivity index (χ4n) is 2.51. The van der Waals surface area contributed by atoms with Crippen LogP contribution in [0.1, 0.15) is 52.4 Å². The van der Waals surface area contributed by atoms with Gasteiger partial charge in [-0.05, 0) is 38.1 Å². The van der Waals surface area contributed by atoms with E-state index < -0.39 is 0 Å². The fraction of sp³-hybridized carbons (Fsp3) is 0.929. The van der Waals surface area contributed by atoms with Crippen molar-refractivity contribution in [2.75, 3.05) is 13.1 Å². The SMILES string of the molecule is CCC(OC1CCCC(C)C1)C(=O)NCCCN.Cl. The number of rotatable bonds is 7. The summed E-state index contributed by atoms with van der Waals surface area (Å²) < 4.78 is 5.96. The molecule has 0 aliphatic heterocycles. The van der Waals surface area contributed by atoms with Crippen molar-refractivity contribution in [1.29, 1.82) is 0 Å². The molecule has 1 aliphatic rings. The summed E-state index contributed by atoms with van der Waals surface area (Å²) in [6.45, 7) is 5.52. The van der Waals surface area contributed by atoms with Gasteiger partial charge in [-0.2, -0.15) is 0 Å². The zero-order valence-electron chi connectivity index (χ0n) is 12.2. The van der Waals surface area contributed by atoms with Crippen LogP contribution in [0.25, 0.3) is 0 Å².